The van der Waals surface area contributed by atoms with Crippen LogP contribution in [-0.4, -0.2) is 47.5 Å². The van der Waals surface area contributed by atoms with E-state index in [1.807, 2.05) is 43.1 Å². The molecule has 1 heterocycles. The summed E-state index contributed by atoms with van der Waals surface area (Å²) < 4.78 is 5.07. The van der Waals surface area contributed by atoms with Gasteiger partial charge in [-0.3, -0.25) is 4.90 Å². The zero-order valence-corrected chi connectivity index (χ0v) is 11.1. The average Bonchev–Trinajstić information content (AvgIpc) is 2.56. The molecule has 4 nitrogen and oxygen atoms in total. The highest BCUT2D eigenvalue weighted by molar-refractivity contribution is 5.27. The van der Waals surface area contributed by atoms with Crippen LogP contribution in [0.15, 0.2) is 24.3 Å². The Hall–Kier alpha value is -0.940. The Balaban J connectivity index is 2.20. The third-order valence-electron chi connectivity index (χ3n) is 3.88. The van der Waals surface area contributed by atoms with Crippen molar-refractivity contribution in [3.63, 3.8) is 0 Å². The van der Waals surface area contributed by atoms with Crippen LogP contribution in [0.1, 0.15) is 24.1 Å². The van der Waals surface area contributed by atoms with Crippen LogP contribution in [0.25, 0.3) is 0 Å². The van der Waals surface area contributed by atoms with Crippen LogP contribution in [0.4, 0.5) is 0 Å². The maximum Gasteiger partial charge on any atom is 0.101 e. The van der Waals surface area contributed by atoms with Crippen LogP contribution in [0.2, 0.25) is 0 Å². The molecule has 0 unspecified atom stereocenters. The molecule has 1 fully saturated rings. The first-order valence-corrected chi connectivity index (χ1v) is 6.22. The summed E-state index contributed by atoms with van der Waals surface area (Å²) in [5.41, 5.74) is 2.12. The van der Waals surface area contributed by atoms with Gasteiger partial charge in [-0.2, -0.15) is 0 Å². The highest BCUT2D eigenvalue weighted by atomic mass is 16.5. The second-order valence-corrected chi connectivity index (χ2v) is 5.01. The Morgan fingerprint density at radius 3 is 2.22 bits per heavy atom. The van der Waals surface area contributed by atoms with Gasteiger partial charge < -0.3 is 14.9 Å². The van der Waals surface area contributed by atoms with Crippen LogP contribution in [0.3, 0.4) is 0 Å². The van der Waals surface area contributed by atoms with Gasteiger partial charge in [0.25, 0.3) is 0 Å². The van der Waals surface area contributed by atoms with Gasteiger partial charge in [-0.1, -0.05) is 24.3 Å². The first kappa shape index (κ1) is 13.5. The van der Waals surface area contributed by atoms with Crippen LogP contribution >= 0.6 is 0 Å². The molecule has 1 aromatic carbocycles. The van der Waals surface area contributed by atoms with Crippen LogP contribution in [0.5, 0.6) is 0 Å². The monoisotopic (exact) mass is 251 g/mol. The number of ether oxygens (including phenoxy) is 1. The van der Waals surface area contributed by atoms with Crippen molar-refractivity contribution < 1.29 is 14.9 Å². The van der Waals surface area contributed by atoms with Crippen LogP contribution in [0, 0.1) is 0 Å². The van der Waals surface area contributed by atoms with Gasteiger partial charge in [0.15, 0.2) is 0 Å². The molecular formula is C14H21NO3. The predicted molar refractivity (Wildman–Crippen MR) is 69.1 cm³/mol. The van der Waals surface area contributed by atoms with Crippen molar-refractivity contribution in [3.05, 3.63) is 35.4 Å². The van der Waals surface area contributed by atoms with Crippen molar-refractivity contribution in [1.29, 1.82) is 0 Å². The molecule has 1 aliphatic heterocycles. The van der Waals surface area contributed by atoms with E-state index < -0.39 is 12.2 Å². The van der Waals surface area contributed by atoms with Gasteiger partial charge in [-0.15, -0.1) is 0 Å². The number of benzene rings is 1. The summed E-state index contributed by atoms with van der Waals surface area (Å²) in [5.74, 6) is 0. The normalized spacial score (nSPS) is 32.9. The zero-order chi connectivity index (χ0) is 13.3. The van der Waals surface area contributed by atoms with Crippen molar-refractivity contribution in [1.82, 2.24) is 4.90 Å². The second-order valence-electron chi connectivity index (χ2n) is 5.01. The second kappa shape index (κ2) is 5.36. The SMILES string of the molecule is COCc1ccc([C@@H]2[C@@H](O)[C@H](O)[C@@H](C)N2C)cc1. The first-order chi connectivity index (χ1) is 8.56. The number of hydrogen-bond acceptors (Lipinski definition) is 4. The molecule has 4 heteroatoms. The molecule has 1 saturated heterocycles. The number of aliphatic hydroxyl groups is 2. The molecule has 0 aromatic heterocycles. The number of likely N-dealkylation sites (tertiary alicyclic amines) is 1. The van der Waals surface area contributed by atoms with E-state index in [1.165, 1.54) is 0 Å². The van der Waals surface area contributed by atoms with E-state index in [4.69, 9.17) is 4.74 Å². The van der Waals surface area contributed by atoms with Gasteiger partial charge in [0.1, 0.15) is 6.10 Å². The first-order valence-electron chi connectivity index (χ1n) is 6.22. The van der Waals surface area contributed by atoms with Crippen LogP contribution in [-0.2, 0) is 11.3 Å². The predicted octanol–water partition coefficient (Wildman–Crippen LogP) is 0.930. The Morgan fingerprint density at radius 2 is 1.78 bits per heavy atom. The summed E-state index contributed by atoms with van der Waals surface area (Å²) in [6.45, 7) is 2.51. The Labute approximate surface area is 108 Å². The minimum Gasteiger partial charge on any atom is -0.389 e. The van der Waals surface area contributed by atoms with Gasteiger partial charge in [-0.25, -0.2) is 0 Å². The van der Waals surface area contributed by atoms with E-state index in [1.54, 1.807) is 7.11 Å². The molecule has 4 atom stereocenters. The Morgan fingerprint density at radius 1 is 1.17 bits per heavy atom. The largest absolute Gasteiger partial charge is 0.389 e. The minimum absolute atomic E-state index is 0.0383. The van der Waals surface area contributed by atoms with Crippen molar-refractivity contribution in [2.75, 3.05) is 14.2 Å². The maximum absolute atomic E-state index is 10.1. The van der Waals surface area contributed by atoms with Gasteiger partial charge in [-0.05, 0) is 25.1 Å². The summed E-state index contributed by atoms with van der Waals surface area (Å²) in [5, 5.41) is 20.0. The smallest absolute Gasteiger partial charge is 0.101 e. The number of likely N-dealkylation sites (N-methyl/N-ethyl adjacent to an activating group) is 1. The summed E-state index contributed by atoms with van der Waals surface area (Å²) in [4.78, 5) is 2.01. The summed E-state index contributed by atoms with van der Waals surface area (Å²) in [6, 6.07) is 7.78. The molecule has 0 radical (unpaired) electrons. The average molecular weight is 251 g/mol. The lowest BCUT2D eigenvalue weighted by atomic mass is 10.00. The van der Waals surface area contributed by atoms with E-state index in [-0.39, 0.29) is 12.1 Å². The number of rotatable bonds is 3. The lowest BCUT2D eigenvalue weighted by molar-refractivity contribution is 0.0300. The standard InChI is InChI=1S/C14H21NO3/c1-9-13(16)14(17)12(15(9)2)11-6-4-10(5-7-11)8-18-3/h4-7,9,12-14,16-17H,8H2,1-3H3/t9-,12-,13-,14-/m1/s1. The van der Waals surface area contributed by atoms with E-state index in [2.05, 4.69) is 0 Å². The van der Waals surface area contributed by atoms with Gasteiger partial charge in [0.2, 0.25) is 0 Å². The van der Waals surface area contributed by atoms with Gasteiger partial charge >= 0.3 is 0 Å². The third-order valence-corrected chi connectivity index (χ3v) is 3.88. The molecule has 2 rings (SSSR count). The Kier molecular flexibility index (Phi) is 4.02. The molecule has 1 aromatic rings. The lowest BCUT2D eigenvalue weighted by Gasteiger charge is -2.24. The summed E-state index contributed by atoms with van der Waals surface area (Å²) in [7, 11) is 3.60. The number of aliphatic hydroxyl groups excluding tert-OH is 2. The molecule has 0 amide bonds. The summed E-state index contributed by atoms with van der Waals surface area (Å²) >= 11 is 0. The maximum atomic E-state index is 10.1. The van der Waals surface area contributed by atoms with Crippen molar-refractivity contribution >= 4 is 0 Å². The number of nitrogens with zero attached hydrogens (tertiary/aromatic N) is 1. The van der Waals surface area contributed by atoms with Crippen molar-refractivity contribution in [2.24, 2.45) is 0 Å². The van der Waals surface area contributed by atoms with Crippen LogP contribution < -0.4 is 0 Å². The fourth-order valence-corrected chi connectivity index (χ4v) is 2.62. The fraction of sp³-hybridized carbons (Fsp3) is 0.571. The fourth-order valence-electron chi connectivity index (χ4n) is 2.62. The van der Waals surface area contributed by atoms with Crippen molar-refractivity contribution in [3.8, 4) is 0 Å². The molecule has 2 N–H and O–H groups in total. The number of hydrogen-bond donors (Lipinski definition) is 2. The van der Waals surface area contributed by atoms with E-state index in [9.17, 15) is 10.2 Å². The molecule has 18 heavy (non-hydrogen) atoms. The molecule has 1 aliphatic rings. The van der Waals surface area contributed by atoms with E-state index in [0.29, 0.717) is 6.61 Å². The molecule has 0 bridgehead atoms. The van der Waals surface area contributed by atoms with Gasteiger partial charge in [0, 0.05) is 13.2 Å². The Bertz CT molecular complexity index is 379. The molecule has 0 spiro atoms. The summed E-state index contributed by atoms with van der Waals surface area (Å²) in [6.07, 6.45) is -1.43. The third kappa shape index (κ3) is 2.29. The molecular weight excluding hydrogens is 230 g/mol. The van der Waals surface area contributed by atoms with Crippen molar-refractivity contribution in [2.45, 2.75) is 37.8 Å². The van der Waals surface area contributed by atoms with Gasteiger partial charge in [0.05, 0.1) is 18.8 Å². The molecule has 0 saturated carbocycles. The quantitative estimate of drug-likeness (QED) is 0.839. The highest BCUT2D eigenvalue weighted by Gasteiger charge is 2.43. The van der Waals surface area contributed by atoms with E-state index in [0.717, 1.165) is 11.1 Å². The lowest BCUT2D eigenvalue weighted by Crippen LogP contribution is -2.30. The topological polar surface area (TPSA) is 52.9 Å². The number of methoxy groups -OCH3 is 1. The molecule has 100 valence electrons. The minimum atomic E-state index is -0.738. The molecule has 0 aliphatic carbocycles. The zero-order valence-electron chi connectivity index (χ0n) is 11.1. The van der Waals surface area contributed by atoms with E-state index >= 15 is 0 Å². The highest BCUT2D eigenvalue weighted by Crippen LogP contribution is 2.35.